The number of aryl methyl sites for hydroxylation is 1. The zero-order chi connectivity index (χ0) is 18.2. The van der Waals surface area contributed by atoms with Crippen molar-refractivity contribution in [2.45, 2.75) is 6.92 Å². The second kappa shape index (κ2) is 6.45. The van der Waals surface area contributed by atoms with Crippen LogP contribution in [0.2, 0.25) is 0 Å². The Morgan fingerprint density at radius 3 is 2.56 bits per heavy atom. The van der Waals surface area contributed by atoms with E-state index >= 15 is 0 Å². The first-order valence-electron chi connectivity index (χ1n) is 7.31. The van der Waals surface area contributed by atoms with E-state index in [1.54, 1.807) is 37.3 Å². The fraction of sp³-hybridized carbons (Fsp3) is 0.118. The Labute approximate surface area is 148 Å². The van der Waals surface area contributed by atoms with Gasteiger partial charge in [-0.25, -0.2) is 12.8 Å². The van der Waals surface area contributed by atoms with E-state index in [0.717, 1.165) is 6.26 Å². The molecule has 3 rings (SSSR count). The molecule has 8 heteroatoms. The van der Waals surface area contributed by atoms with Crippen molar-refractivity contribution in [2.75, 3.05) is 16.3 Å². The van der Waals surface area contributed by atoms with Gasteiger partial charge in [0.15, 0.2) is 0 Å². The Kier molecular flexibility index (Phi) is 4.49. The third-order valence-electron chi connectivity index (χ3n) is 3.51. The van der Waals surface area contributed by atoms with Gasteiger partial charge in [0.05, 0.1) is 16.8 Å². The third-order valence-corrected chi connectivity index (χ3v) is 5.20. The molecule has 0 radical (unpaired) electrons. The van der Waals surface area contributed by atoms with Crippen LogP contribution in [0.3, 0.4) is 0 Å². The molecule has 0 spiro atoms. The lowest BCUT2D eigenvalue weighted by molar-refractivity contribution is 0.103. The largest absolute Gasteiger partial charge is 0.321 e. The van der Waals surface area contributed by atoms with Crippen LogP contribution in [-0.2, 0) is 10.0 Å². The van der Waals surface area contributed by atoms with Gasteiger partial charge >= 0.3 is 0 Å². The minimum Gasteiger partial charge on any atom is -0.321 e. The number of sulfonamides is 1. The molecule has 2 aromatic carbocycles. The second-order valence-corrected chi connectivity index (χ2v) is 8.45. The fourth-order valence-corrected chi connectivity index (χ4v) is 3.98. The van der Waals surface area contributed by atoms with Gasteiger partial charge in [-0.1, -0.05) is 6.07 Å². The number of hydrogen-bond acceptors (Lipinski definition) is 4. The highest BCUT2D eigenvalue weighted by molar-refractivity contribution is 7.92. The number of anilines is 2. The van der Waals surface area contributed by atoms with Gasteiger partial charge in [-0.15, -0.1) is 11.3 Å². The summed E-state index contributed by atoms with van der Waals surface area (Å²) in [6.07, 6.45) is 1.07. The highest BCUT2D eigenvalue weighted by Crippen LogP contribution is 2.28. The molecule has 25 heavy (non-hydrogen) atoms. The van der Waals surface area contributed by atoms with Crippen molar-refractivity contribution in [3.05, 3.63) is 58.7 Å². The van der Waals surface area contributed by atoms with E-state index in [9.17, 15) is 17.6 Å². The molecule has 5 nitrogen and oxygen atoms in total. The number of benzene rings is 2. The van der Waals surface area contributed by atoms with Crippen LogP contribution in [0.25, 0.3) is 10.1 Å². The highest BCUT2D eigenvalue weighted by atomic mass is 32.2. The summed E-state index contributed by atoms with van der Waals surface area (Å²) < 4.78 is 39.5. The lowest BCUT2D eigenvalue weighted by Gasteiger charge is -2.10. The topological polar surface area (TPSA) is 75.3 Å². The molecule has 0 unspecified atom stereocenters. The van der Waals surface area contributed by atoms with Crippen molar-refractivity contribution in [3.63, 3.8) is 0 Å². The first-order chi connectivity index (χ1) is 11.7. The SMILES string of the molecule is Cc1cc(NC(=O)c2cc3c(F)cccc3s2)ccc1NS(C)(=O)=O. The lowest BCUT2D eigenvalue weighted by Crippen LogP contribution is -2.12. The Hall–Kier alpha value is -2.45. The first-order valence-corrected chi connectivity index (χ1v) is 10.0. The fourth-order valence-electron chi connectivity index (χ4n) is 2.39. The van der Waals surface area contributed by atoms with Gasteiger partial charge in [0.1, 0.15) is 5.82 Å². The summed E-state index contributed by atoms with van der Waals surface area (Å²) in [5, 5.41) is 3.16. The van der Waals surface area contributed by atoms with E-state index in [0.29, 0.717) is 31.9 Å². The summed E-state index contributed by atoms with van der Waals surface area (Å²) in [7, 11) is -3.37. The number of halogens is 1. The molecule has 0 bridgehead atoms. The van der Waals surface area contributed by atoms with Crippen LogP contribution in [-0.4, -0.2) is 20.6 Å². The zero-order valence-corrected chi connectivity index (χ0v) is 15.1. The van der Waals surface area contributed by atoms with Gasteiger partial charge in [-0.3, -0.25) is 9.52 Å². The molecule has 130 valence electrons. The van der Waals surface area contributed by atoms with Gasteiger partial charge in [0, 0.05) is 15.8 Å². The van der Waals surface area contributed by atoms with Crippen LogP contribution >= 0.6 is 11.3 Å². The Bertz CT molecular complexity index is 1070. The van der Waals surface area contributed by atoms with Gasteiger partial charge in [-0.05, 0) is 48.9 Å². The van der Waals surface area contributed by atoms with Crippen LogP contribution in [0.5, 0.6) is 0 Å². The van der Waals surface area contributed by atoms with E-state index in [1.807, 2.05) is 0 Å². The minimum atomic E-state index is -3.37. The molecule has 0 fully saturated rings. The summed E-state index contributed by atoms with van der Waals surface area (Å²) in [6, 6.07) is 11.1. The van der Waals surface area contributed by atoms with Gasteiger partial charge in [-0.2, -0.15) is 0 Å². The molecule has 0 saturated carbocycles. The third kappa shape index (κ3) is 3.97. The summed E-state index contributed by atoms with van der Waals surface area (Å²) in [5.41, 5.74) is 1.65. The molecular weight excluding hydrogens is 363 g/mol. The minimum absolute atomic E-state index is 0.344. The van der Waals surface area contributed by atoms with Crippen LogP contribution in [0.15, 0.2) is 42.5 Å². The summed E-state index contributed by atoms with van der Waals surface area (Å²) in [5.74, 6) is -0.705. The maximum Gasteiger partial charge on any atom is 0.265 e. The molecule has 0 aliphatic rings. The molecule has 3 aromatic rings. The predicted octanol–water partition coefficient (Wildman–Crippen LogP) is 3.97. The maximum atomic E-state index is 13.7. The van der Waals surface area contributed by atoms with Crippen LogP contribution < -0.4 is 10.0 Å². The van der Waals surface area contributed by atoms with Crippen LogP contribution in [0.4, 0.5) is 15.8 Å². The van der Waals surface area contributed by atoms with Gasteiger partial charge in [0.2, 0.25) is 10.0 Å². The van der Waals surface area contributed by atoms with E-state index in [1.165, 1.54) is 23.5 Å². The quantitative estimate of drug-likeness (QED) is 0.721. The van der Waals surface area contributed by atoms with Crippen LogP contribution in [0.1, 0.15) is 15.2 Å². The van der Waals surface area contributed by atoms with E-state index in [2.05, 4.69) is 10.0 Å². The molecule has 0 atom stereocenters. The summed E-state index contributed by atoms with van der Waals surface area (Å²) >= 11 is 1.21. The molecular formula is C17H15FN2O3S2. The monoisotopic (exact) mass is 378 g/mol. The number of nitrogens with one attached hydrogen (secondary N) is 2. The highest BCUT2D eigenvalue weighted by Gasteiger charge is 2.13. The van der Waals surface area contributed by atoms with E-state index in [4.69, 9.17) is 0 Å². The zero-order valence-electron chi connectivity index (χ0n) is 13.5. The Morgan fingerprint density at radius 1 is 1.16 bits per heavy atom. The number of fused-ring (bicyclic) bond motifs is 1. The number of carbonyl (C=O) groups excluding carboxylic acids is 1. The Morgan fingerprint density at radius 2 is 1.92 bits per heavy atom. The molecule has 0 saturated heterocycles. The smallest absolute Gasteiger partial charge is 0.265 e. The van der Waals surface area contributed by atoms with Crippen molar-refractivity contribution >= 4 is 48.7 Å². The Balaban J connectivity index is 1.82. The average Bonchev–Trinajstić information content (AvgIpc) is 2.95. The standard InChI is InChI=1S/C17H15FN2O3S2/c1-10-8-11(6-7-14(10)20-25(2,22)23)19-17(21)16-9-12-13(18)4-3-5-15(12)24-16/h3-9,20H,1-2H3,(H,19,21). The molecule has 2 N–H and O–H groups in total. The van der Waals surface area contributed by atoms with Crippen molar-refractivity contribution in [1.29, 1.82) is 0 Å². The van der Waals surface area contributed by atoms with Gasteiger partial charge < -0.3 is 5.32 Å². The number of carbonyl (C=O) groups is 1. The second-order valence-electron chi connectivity index (χ2n) is 5.62. The van der Waals surface area contributed by atoms with E-state index < -0.39 is 10.0 Å². The van der Waals surface area contributed by atoms with Crippen molar-refractivity contribution in [2.24, 2.45) is 0 Å². The molecule has 1 amide bonds. The number of thiophene rings is 1. The average molecular weight is 378 g/mol. The number of hydrogen-bond donors (Lipinski definition) is 2. The molecule has 0 aliphatic heterocycles. The molecule has 1 heterocycles. The number of amides is 1. The predicted molar refractivity (Wildman–Crippen MR) is 99.4 cm³/mol. The van der Waals surface area contributed by atoms with Crippen molar-refractivity contribution in [3.8, 4) is 0 Å². The maximum absolute atomic E-state index is 13.7. The van der Waals surface area contributed by atoms with Crippen molar-refractivity contribution < 1.29 is 17.6 Å². The van der Waals surface area contributed by atoms with Crippen molar-refractivity contribution in [1.82, 2.24) is 0 Å². The molecule has 1 aromatic heterocycles. The first kappa shape index (κ1) is 17.4. The summed E-state index contributed by atoms with van der Waals surface area (Å²) in [6.45, 7) is 1.73. The normalized spacial score (nSPS) is 11.5. The molecule has 0 aliphatic carbocycles. The van der Waals surface area contributed by atoms with Crippen LogP contribution in [0, 0.1) is 12.7 Å². The summed E-state index contributed by atoms with van der Waals surface area (Å²) in [4.78, 5) is 12.8. The number of rotatable bonds is 4. The van der Waals surface area contributed by atoms with Gasteiger partial charge in [0.25, 0.3) is 5.91 Å². The van der Waals surface area contributed by atoms with E-state index in [-0.39, 0.29) is 11.7 Å². The lowest BCUT2D eigenvalue weighted by atomic mass is 10.2.